The van der Waals surface area contributed by atoms with Crippen LogP contribution in [0.2, 0.25) is 0 Å². The Morgan fingerprint density at radius 3 is 2.87 bits per heavy atom. The van der Waals surface area contributed by atoms with Crippen molar-refractivity contribution in [1.29, 1.82) is 5.26 Å². The van der Waals surface area contributed by atoms with E-state index < -0.39 is 22.5 Å². The number of nitrogens with two attached hydrogens (primary N) is 1. The fourth-order valence-electron chi connectivity index (χ4n) is 1.12. The predicted octanol–water partition coefficient (Wildman–Crippen LogP) is 1.65. The van der Waals surface area contributed by atoms with E-state index in [2.05, 4.69) is 0 Å². The number of nitrogens with zero attached hydrogens (tertiary/aromatic N) is 2. The molecule has 1 atom stereocenters. The molecule has 1 aromatic carbocycles. The summed E-state index contributed by atoms with van der Waals surface area (Å²) >= 11 is 0. The van der Waals surface area contributed by atoms with Crippen molar-refractivity contribution < 1.29 is 9.31 Å². The first-order valence-electron chi connectivity index (χ1n) is 4.12. The third-order valence-corrected chi connectivity index (χ3v) is 1.91. The molecule has 0 amide bonds. The van der Waals surface area contributed by atoms with Gasteiger partial charge in [0.1, 0.15) is 0 Å². The lowest BCUT2D eigenvalue weighted by atomic mass is 10.0. The van der Waals surface area contributed by atoms with Gasteiger partial charge in [0.05, 0.1) is 17.4 Å². The van der Waals surface area contributed by atoms with Crippen LogP contribution in [0.4, 0.5) is 10.1 Å². The van der Waals surface area contributed by atoms with E-state index in [1.54, 1.807) is 0 Å². The monoisotopic (exact) mass is 209 g/mol. The Labute approximate surface area is 85.1 Å². The molecule has 1 rings (SSSR count). The Bertz CT molecular complexity index is 428. The summed E-state index contributed by atoms with van der Waals surface area (Å²) < 4.78 is 12.9. The largest absolute Gasteiger partial charge is 0.323 e. The van der Waals surface area contributed by atoms with E-state index in [4.69, 9.17) is 11.0 Å². The van der Waals surface area contributed by atoms with Crippen molar-refractivity contribution in [2.75, 3.05) is 0 Å². The maximum Gasteiger partial charge on any atom is 0.305 e. The summed E-state index contributed by atoms with van der Waals surface area (Å²) in [7, 11) is 0. The number of nitro groups is 1. The first-order valence-corrected chi connectivity index (χ1v) is 4.12. The average molecular weight is 209 g/mol. The summed E-state index contributed by atoms with van der Waals surface area (Å²) in [6.07, 6.45) is 0.0305. The molecule has 2 N–H and O–H groups in total. The second-order valence-corrected chi connectivity index (χ2v) is 2.94. The van der Waals surface area contributed by atoms with Crippen LogP contribution in [-0.2, 0) is 0 Å². The van der Waals surface area contributed by atoms with Gasteiger partial charge in [-0.2, -0.15) is 9.65 Å². The molecule has 78 valence electrons. The smallest absolute Gasteiger partial charge is 0.305 e. The number of halogens is 1. The van der Waals surface area contributed by atoms with Crippen LogP contribution in [0.5, 0.6) is 0 Å². The highest BCUT2D eigenvalue weighted by atomic mass is 19.1. The van der Waals surface area contributed by atoms with E-state index in [0.29, 0.717) is 5.56 Å². The Morgan fingerprint density at radius 1 is 1.67 bits per heavy atom. The van der Waals surface area contributed by atoms with Gasteiger partial charge < -0.3 is 5.73 Å². The zero-order chi connectivity index (χ0) is 11.4. The van der Waals surface area contributed by atoms with E-state index in [1.807, 2.05) is 6.07 Å². The highest BCUT2D eigenvalue weighted by molar-refractivity contribution is 5.37. The third-order valence-electron chi connectivity index (χ3n) is 1.91. The van der Waals surface area contributed by atoms with Crippen molar-refractivity contribution in [3.8, 4) is 6.07 Å². The molecule has 0 unspecified atom stereocenters. The maximum atomic E-state index is 12.9. The minimum Gasteiger partial charge on any atom is -0.323 e. The number of hydrogen-bond donors (Lipinski definition) is 1. The molecular formula is C9H8FN3O2. The van der Waals surface area contributed by atoms with Gasteiger partial charge in [0, 0.05) is 12.1 Å². The molecule has 0 heterocycles. The van der Waals surface area contributed by atoms with Crippen LogP contribution in [0.3, 0.4) is 0 Å². The van der Waals surface area contributed by atoms with Crippen molar-refractivity contribution in [3.63, 3.8) is 0 Å². The van der Waals surface area contributed by atoms with E-state index >= 15 is 0 Å². The molecule has 0 aromatic heterocycles. The standard InChI is InChI=1S/C9H8FN3O2/c10-7-2-1-6(8(12)3-4-11)5-9(7)13(14)15/h1-2,5,8H,3,12H2/t8-/m1/s1. The summed E-state index contributed by atoms with van der Waals surface area (Å²) in [4.78, 5) is 9.59. The van der Waals surface area contributed by atoms with Gasteiger partial charge in [-0.1, -0.05) is 6.07 Å². The van der Waals surface area contributed by atoms with Crippen LogP contribution in [0.25, 0.3) is 0 Å². The van der Waals surface area contributed by atoms with Crippen LogP contribution in [0, 0.1) is 27.3 Å². The van der Waals surface area contributed by atoms with Gasteiger partial charge >= 0.3 is 5.69 Å². The molecule has 0 fully saturated rings. The Morgan fingerprint density at radius 2 is 2.33 bits per heavy atom. The molecule has 0 saturated carbocycles. The normalized spacial score (nSPS) is 11.8. The first kappa shape index (κ1) is 11.1. The van der Waals surface area contributed by atoms with Gasteiger partial charge in [-0.05, 0) is 11.6 Å². The summed E-state index contributed by atoms with van der Waals surface area (Å²) in [5, 5.41) is 18.8. The Hall–Kier alpha value is -2.00. The van der Waals surface area contributed by atoms with Crippen molar-refractivity contribution >= 4 is 5.69 Å². The number of nitriles is 1. The zero-order valence-electron chi connectivity index (χ0n) is 7.68. The van der Waals surface area contributed by atoms with Gasteiger partial charge in [0.2, 0.25) is 5.82 Å². The first-order chi connectivity index (χ1) is 7.06. The summed E-state index contributed by atoms with van der Waals surface area (Å²) in [6, 6.07) is 4.58. The molecule has 0 bridgehead atoms. The second kappa shape index (κ2) is 4.48. The van der Waals surface area contributed by atoms with Gasteiger partial charge in [0.15, 0.2) is 0 Å². The van der Waals surface area contributed by atoms with Gasteiger partial charge in [0.25, 0.3) is 0 Å². The molecule has 0 aliphatic rings. The average Bonchev–Trinajstić information content (AvgIpc) is 2.18. The second-order valence-electron chi connectivity index (χ2n) is 2.94. The van der Waals surface area contributed by atoms with Crippen molar-refractivity contribution in [1.82, 2.24) is 0 Å². The SMILES string of the molecule is N#CC[C@@H](N)c1ccc(F)c([N+](=O)[O-])c1. The minimum atomic E-state index is -0.909. The van der Waals surface area contributed by atoms with E-state index in [0.717, 1.165) is 12.1 Å². The lowest BCUT2D eigenvalue weighted by Gasteiger charge is -2.07. The molecule has 0 spiro atoms. The molecule has 1 aromatic rings. The molecule has 0 aliphatic heterocycles. The Balaban J connectivity index is 3.08. The van der Waals surface area contributed by atoms with Crippen LogP contribution >= 0.6 is 0 Å². The number of benzene rings is 1. The quantitative estimate of drug-likeness (QED) is 0.604. The van der Waals surface area contributed by atoms with Crippen molar-refractivity contribution in [2.45, 2.75) is 12.5 Å². The topological polar surface area (TPSA) is 93.0 Å². The van der Waals surface area contributed by atoms with E-state index in [9.17, 15) is 14.5 Å². The zero-order valence-corrected chi connectivity index (χ0v) is 7.68. The molecule has 6 heteroatoms. The summed E-state index contributed by atoms with van der Waals surface area (Å²) in [5.74, 6) is -0.909. The van der Waals surface area contributed by atoms with Crippen LogP contribution in [-0.4, -0.2) is 4.92 Å². The van der Waals surface area contributed by atoms with Gasteiger partial charge in [-0.25, -0.2) is 0 Å². The van der Waals surface area contributed by atoms with Gasteiger partial charge in [-0.3, -0.25) is 10.1 Å². The van der Waals surface area contributed by atoms with Crippen molar-refractivity contribution in [3.05, 3.63) is 39.7 Å². The fourth-order valence-corrected chi connectivity index (χ4v) is 1.12. The third kappa shape index (κ3) is 2.48. The fraction of sp³-hybridized carbons (Fsp3) is 0.222. The molecule has 0 saturated heterocycles. The lowest BCUT2D eigenvalue weighted by molar-refractivity contribution is -0.387. The molecule has 0 aliphatic carbocycles. The van der Waals surface area contributed by atoms with Gasteiger partial charge in [-0.15, -0.1) is 0 Å². The molecule has 5 nitrogen and oxygen atoms in total. The molecular weight excluding hydrogens is 201 g/mol. The number of hydrogen-bond acceptors (Lipinski definition) is 4. The van der Waals surface area contributed by atoms with Crippen LogP contribution in [0.15, 0.2) is 18.2 Å². The molecule has 0 radical (unpaired) electrons. The summed E-state index contributed by atoms with van der Waals surface area (Å²) in [5.41, 5.74) is 5.31. The predicted molar refractivity (Wildman–Crippen MR) is 50.2 cm³/mol. The number of rotatable bonds is 3. The number of nitro benzene ring substituents is 1. The van der Waals surface area contributed by atoms with E-state index in [-0.39, 0.29) is 6.42 Å². The molecule has 15 heavy (non-hydrogen) atoms. The minimum absolute atomic E-state index is 0.0305. The summed E-state index contributed by atoms with van der Waals surface area (Å²) in [6.45, 7) is 0. The van der Waals surface area contributed by atoms with Crippen molar-refractivity contribution in [2.24, 2.45) is 5.73 Å². The highest BCUT2D eigenvalue weighted by Gasteiger charge is 2.16. The lowest BCUT2D eigenvalue weighted by Crippen LogP contribution is -2.09. The Kier molecular flexibility index (Phi) is 3.31. The van der Waals surface area contributed by atoms with Crippen LogP contribution in [0.1, 0.15) is 18.0 Å². The van der Waals surface area contributed by atoms with Crippen LogP contribution < -0.4 is 5.73 Å². The maximum absolute atomic E-state index is 12.9. The highest BCUT2D eigenvalue weighted by Crippen LogP contribution is 2.22. The van der Waals surface area contributed by atoms with E-state index in [1.165, 1.54) is 6.07 Å².